The topological polar surface area (TPSA) is 32.8 Å². The molecule has 0 N–H and O–H groups in total. The summed E-state index contributed by atoms with van der Waals surface area (Å²) >= 11 is 0. The Hall–Kier alpha value is -2.33. The highest BCUT2D eigenvalue weighted by molar-refractivity contribution is 5.94. The third-order valence-corrected chi connectivity index (χ3v) is 6.14. The van der Waals surface area contributed by atoms with Gasteiger partial charge in [0.2, 0.25) is 0 Å². The van der Waals surface area contributed by atoms with Crippen LogP contribution in [0.5, 0.6) is 5.75 Å². The maximum absolute atomic E-state index is 13.1. The highest BCUT2D eigenvalue weighted by Gasteiger charge is 2.30. The van der Waals surface area contributed by atoms with Crippen LogP contribution in [-0.2, 0) is 0 Å². The van der Waals surface area contributed by atoms with E-state index in [0.717, 1.165) is 50.3 Å². The lowest BCUT2D eigenvalue weighted by Crippen LogP contribution is -2.31. The largest absolute Gasteiger partial charge is 0.494 e. The number of rotatable bonds is 7. The van der Waals surface area contributed by atoms with Crippen molar-refractivity contribution in [3.63, 3.8) is 0 Å². The molecule has 154 valence electrons. The third-order valence-electron chi connectivity index (χ3n) is 6.14. The molecule has 0 unspecified atom stereocenters. The van der Waals surface area contributed by atoms with Gasteiger partial charge >= 0.3 is 0 Å². The van der Waals surface area contributed by atoms with Crippen LogP contribution in [0.15, 0.2) is 54.6 Å². The number of benzene rings is 2. The molecule has 1 atom stereocenters. The Balaban J connectivity index is 1.28. The molecule has 4 heteroatoms. The van der Waals surface area contributed by atoms with Crippen molar-refractivity contribution in [2.45, 2.75) is 44.6 Å². The lowest BCUT2D eigenvalue weighted by Gasteiger charge is -2.26. The van der Waals surface area contributed by atoms with E-state index in [2.05, 4.69) is 17.0 Å². The molecule has 29 heavy (non-hydrogen) atoms. The van der Waals surface area contributed by atoms with Crippen molar-refractivity contribution in [2.75, 3.05) is 32.8 Å². The number of hydrogen-bond acceptors (Lipinski definition) is 3. The summed E-state index contributed by atoms with van der Waals surface area (Å²) in [5.41, 5.74) is 1.97. The minimum Gasteiger partial charge on any atom is -0.494 e. The van der Waals surface area contributed by atoms with Crippen LogP contribution in [0.1, 0.15) is 60.5 Å². The van der Waals surface area contributed by atoms with E-state index in [9.17, 15) is 4.79 Å². The number of hydrogen-bond donors (Lipinski definition) is 0. The zero-order valence-electron chi connectivity index (χ0n) is 17.3. The average molecular weight is 393 g/mol. The number of carbonyl (C=O) groups excluding carboxylic acids is 1. The first kappa shape index (κ1) is 20.0. The Morgan fingerprint density at radius 3 is 2.41 bits per heavy atom. The van der Waals surface area contributed by atoms with Crippen molar-refractivity contribution < 1.29 is 9.53 Å². The first-order chi connectivity index (χ1) is 14.3. The summed E-state index contributed by atoms with van der Waals surface area (Å²) in [4.78, 5) is 17.6. The summed E-state index contributed by atoms with van der Waals surface area (Å²) in [6.45, 7) is 5.14. The molecule has 0 saturated carbocycles. The molecule has 2 aliphatic heterocycles. The van der Waals surface area contributed by atoms with E-state index in [0.29, 0.717) is 0 Å². The standard InChI is InChI=1S/C25H32N2O2/c28-25(27-19-7-11-24(27)21-9-3-1-4-10-21)22-12-14-23(15-13-22)29-20-8-18-26-16-5-2-6-17-26/h1,3-4,9-10,12-15,24H,2,5-8,11,16-20H2/t24-/m1/s1. The maximum Gasteiger partial charge on any atom is 0.254 e. The second-order valence-electron chi connectivity index (χ2n) is 8.20. The van der Waals surface area contributed by atoms with Crippen LogP contribution in [0.4, 0.5) is 0 Å². The molecular weight excluding hydrogens is 360 g/mol. The SMILES string of the molecule is O=C(c1ccc(OCCCN2CCCCC2)cc1)N1CCC[C@@H]1c1ccccc1. The third kappa shape index (κ3) is 5.18. The number of amides is 1. The Morgan fingerprint density at radius 2 is 1.66 bits per heavy atom. The van der Waals surface area contributed by atoms with Crippen molar-refractivity contribution in [1.82, 2.24) is 9.80 Å². The molecule has 2 aliphatic rings. The van der Waals surface area contributed by atoms with Crippen molar-refractivity contribution >= 4 is 5.91 Å². The fourth-order valence-electron chi connectivity index (χ4n) is 4.55. The fourth-order valence-corrected chi connectivity index (χ4v) is 4.55. The van der Waals surface area contributed by atoms with E-state index in [1.807, 2.05) is 47.4 Å². The van der Waals surface area contributed by atoms with Crippen molar-refractivity contribution in [2.24, 2.45) is 0 Å². The monoisotopic (exact) mass is 392 g/mol. The lowest BCUT2D eigenvalue weighted by molar-refractivity contribution is 0.0735. The quantitative estimate of drug-likeness (QED) is 0.627. The zero-order valence-corrected chi connectivity index (χ0v) is 17.3. The molecule has 2 aromatic rings. The van der Waals surface area contributed by atoms with Crippen LogP contribution < -0.4 is 4.74 Å². The number of piperidine rings is 1. The van der Waals surface area contributed by atoms with Gasteiger partial charge in [0.05, 0.1) is 12.6 Å². The van der Waals surface area contributed by atoms with Gasteiger partial charge in [-0.25, -0.2) is 0 Å². The number of nitrogens with zero attached hydrogens (tertiary/aromatic N) is 2. The summed E-state index contributed by atoms with van der Waals surface area (Å²) in [7, 11) is 0. The Labute approximate surface area is 174 Å². The molecule has 0 bridgehead atoms. The second kappa shape index (κ2) is 9.93. The highest BCUT2D eigenvalue weighted by atomic mass is 16.5. The summed E-state index contributed by atoms with van der Waals surface area (Å²) in [6.07, 6.45) is 7.18. The lowest BCUT2D eigenvalue weighted by atomic mass is 10.0. The highest BCUT2D eigenvalue weighted by Crippen LogP contribution is 2.33. The minimum absolute atomic E-state index is 0.119. The molecule has 4 rings (SSSR count). The van der Waals surface area contributed by atoms with E-state index in [4.69, 9.17) is 4.74 Å². The summed E-state index contributed by atoms with van der Waals surface area (Å²) in [5, 5.41) is 0. The Morgan fingerprint density at radius 1 is 0.897 bits per heavy atom. The molecule has 1 amide bonds. The van der Waals surface area contributed by atoms with Crippen LogP contribution in [0, 0.1) is 0 Å². The van der Waals surface area contributed by atoms with Gasteiger partial charge in [-0.15, -0.1) is 0 Å². The van der Waals surface area contributed by atoms with Gasteiger partial charge < -0.3 is 14.5 Å². The zero-order chi connectivity index (χ0) is 19.9. The Bertz CT molecular complexity index is 769. The van der Waals surface area contributed by atoms with E-state index >= 15 is 0 Å². The minimum atomic E-state index is 0.119. The van der Waals surface area contributed by atoms with Crippen LogP contribution in [0.25, 0.3) is 0 Å². The van der Waals surface area contributed by atoms with Crippen molar-refractivity contribution in [3.8, 4) is 5.75 Å². The Kier molecular flexibility index (Phi) is 6.83. The van der Waals surface area contributed by atoms with Gasteiger partial charge in [0, 0.05) is 18.7 Å². The molecule has 0 radical (unpaired) electrons. The number of likely N-dealkylation sites (tertiary alicyclic amines) is 2. The average Bonchev–Trinajstić information content (AvgIpc) is 3.28. The van der Waals surface area contributed by atoms with Crippen molar-refractivity contribution in [1.29, 1.82) is 0 Å². The number of carbonyl (C=O) groups is 1. The van der Waals surface area contributed by atoms with E-state index < -0.39 is 0 Å². The predicted molar refractivity (Wildman–Crippen MR) is 116 cm³/mol. The van der Waals surface area contributed by atoms with Crippen LogP contribution >= 0.6 is 0 Å². The first-order valence-corrected chi connectivity index (χ1v) is 11.1. The van der Waals surface area contributed by atoms with Gasteiger partial charge in [0.25, 0.3) is 5.91 Å². The summed E-state index contributed by atoms with van der Waals surface area (Å²) < 4.78 is 5.90. The summed E-state index contributed by atoms with van der Waals surface area (Å²) in [6, 6.07) is 18.2. The van der Waals surface area contributed by atoms with Crippen LogP contribution in [-0.4, -0.2) is 48.5 Å². The molecule has 2 saturated heterocycles. The second-order valence-corrected chi connectivity index (χ2v) is 8.20. The molecule has 4 nitrogen and oxygen atoms in total. The van der Waals surface area contributed by atoms with E-state index in [1.165, 1.54) is 37.9 Å². The molecule has 2 heterocycles. The van der Waals surface area contributed by atoms with Gasteiger partial charge in [0.15, 0.2) is 0 Å². The predicted octanol–water partition coefficient (Wildman–Crippen LogP) is 4.92. The molecule has 2 fully saturated rings. The maximum atomic E-state index is 13.1. The van der Waals surface area contributed by atoms with Gasteiger partial charge in [-0.3, -0.25) is 4.79 Å². The van der Waals surface area contributed by atoms with Crippen molar-refractivity contribution in [3.05, 3.63) is 65.7 Å². The molecule has 0 aromatic heterocycles. The van der Waals surface area contributed by atoms with Crippen LogP contribution in [0.2, 0.25) is 0 Å². The smallest absolute Gasteiger partial charge is 0.254 e. The molecule has 0 aliphatic carbocycles. The molecular formula is C25H32N2O2. The van der Waals surface area contributed by atoms with Gasteiger partial charge in [-0.1, -0.05) is 36.8 Å². The van der Waals surface area contributed by atoms with Gasteiger partial charge in [-0.2, -0.15) is 0 Å². The van der Waals surface area contributed by atoms with Gasteiger partial charge in [0.1, 0.15) is 5.75 Å². The first-order valence-electron chi connectivity index (χ1n) is 11.1. The normalized spacial score (nSPS) is 20.0. The summed E-state index contributed by atoms with van der Waals surface area (Å²) in [5.74, 6) is 0.967. The van der Waals surface area contributed by atoms with E-state index in [-0.39, 0.29) is 11.9 Å². The van der Waals surface area contributed by atoms with E-state index in [1.54, 1.807) is 0 Å². The fraction of sp³-hybridized carbons (Fsp3) is 0.480. The number of ether oxygens (including phenoxy) is 1. The van der Waals surface area contributed by atoms with Crippen LogP contribution in [0.3, 0.4) is 0 Å². The molecule has 2 aromatic carbocycles. The van der Waals surface area contributed by atoms with Gasteiger partial charge in [-0.05, 0) is 75.0 Å². The molecule has 0 spiro atoms.